The minimum Gasteiger partial charge on any atom is -0.507 e. The summed E-state index contributed by atoms with van der Waals surface area (Å²) in [5.74, 6) is -1.25. The average Bonchev–Trinajstić information content (AvgIpc) is 2.71. The third-order valence-electron chi connectivity index (χ3n) is 5.94. The topological polar surface area (TPSA) is 97.6 Å². The van der Waals surface area contributed by atoms with Crippen LogP contribution >= 0.6 is 0 Å². The number of carbonyl (C=O) groups excluding carboxylic acids is 2. The van der Waals surface area contributed by atoms with E-state index in [1.54, 1.807) is 29.7 Å². The zero-order chi connectivity index (χ0) is 23.3. The Balaban J connectivity index is 2.10. The van der Waals surface area contributed by atoms with Crippen LogP contribution < -0.4 is 15.6 Å². The Hall–Kier alpha value is -3.09. The number of aromatic hydroxyl groups is 1. The van der Waals surface area contributed by atoms with Crippen molar-refractivity contribution in [2.24, 2.45) is 0 Å². The molecular formula is C25H32N2O5. The van der Waals surface area contributed by atoms with Crippen LogP contribution in [0.15, 0.2) is 23.0 Å². The molecule has 1 aromatic carbocycles. The van der Waals surface area contributed by atoms with Gasteiger partial charge in [-0.25, -0.2) is 0 Å². The highest BCUT2D eigenvalue weighted by molar-refractivity contribution is 6.07. The highest BCUT2D eigenvalue weighted by Gasteiger charge is 2.27. The molecule has 1 heterocycles. The van der Waals surface area contributed by atoms with Gasteiger partial charge in [0.2, 0.25) is 0 Å². The quantitative estimate of drug-likeness (QED) is 0.509. The molecule has 0 spiro atoms. The number of carbonyl (C=O) groups is 2. The van der Waals surface area contributed by atoms with E-state index in [0.717, 1.165) is 50.6 Å². The van der Waals surface area contributed by atoms with Crippen molar-refractivity contribution in [1.82, 2.24) is 4.57 Å². The van der Waals surface area contributed by atoms with Gasteiger partial charge in [-0.2, -0.15) is 0 Å². The summed E-state index contributed by atoms with van der Waals surface area (Å²) in [6, 6.07) is 5.05. The van der Waals surface area contributed by atoms with Gasteiger partial charge in [0.25, 0.3) is 11.5 Å². The Morgan fingerprint density at radius 2 is 1.88 bits per heavy atom. The third kappa shape index (κ3) is 5.03. The molecule has 0 bridgehead atoms. The number of nitrogens with zero attached hydrogens (tertiary/aromatic N) is 1. The van der Waals surface area contributed by atoms with Crippen LogP contribution in [-0.4, -0.2) is 21.6 Å². The molecule has 172 valence electrons. The molecule has 7 heteroatoms. The van der Waals surface area contributed by atoms with Crippen molar-refractivity contribution in [3.05, 3.63) is 50.9 Å². The number of unbranched alkanes of at least 4 members (excludes halogenated alkanes) is 1. The molecule has 0 unspecified atom stereocenters. The van der Waals surface area contributed by atoms with Crippen molar-refractivity contribution < 1.29 is 19.4 Å². The zero-order valence-electron chi connectivity index (χ0n) is 19.1. The number of nitrogens with one attached hydrogen (secondary N) is 1. The van der Waals surface area contributed by atoms with E-state index in [1.165, 1.54) is 6.92 Å². The van der Waals surface area contributed by atoms with Gasteiger partial charge in [0.15, 0.2) is 5.75 Å². The maximum atomic E-state index is 13.4. The molecule has 2 N–H and O–H groups in total. The molecule has 1 aromatic heterocycles. The molecule has 32 heavy (non-hydrogen) atoms. The van der Waals surface area contributed by atoms with Gasteiger partial charge in [-0.1, -0.05) is 38.3 Å². The number of hydrogen-bond acceptors (Lipinski definition) is 5. The largest absolute Gasteiger partial charge is 0.507 e. The number of fused-ring (bicyclic) bond motifs is 1. The van der Waals surface area contributed by atoms with Crippen LogP contribution in [0.2, 0.25) is 0 Å². The minimum atomic E-state index is -0.703. The molecule has 1 amide bonds. The molecule has 2 aromatic rings. The Morgan fingerprint density at radius 3 is 2.56 bits per heavy atom. The lowest BCUT2D eigenvalue weighted by Gasteiger charge is -2.23. The molecule has 0 aliphatic heterocycles. The molecular weight excluding hydrogens is 408 g/mol. The number of benzene rings is 1. The summed E-state index contributed by atoms with van der Waals surface area (Å²) >= 11 is 0. The molecule has 0 saturated heterocycles. The van der Waals surface area contributed by atoms with E-state index in [-0.39, 0.29) is 17.1 Å². The molecule has 1 aliphatic carbocycles. The first kappa shape index (κ1) is 23.6. The van der Waals surface area contributed by atoms with Crippen molar-refractivity contribution in [3.63, 3.8) is 0 Å². The molecule has 1 aliphatic rings. The first-order chi connectivity index (χ1) is 15.3. The van der Waals surface area contributed by atoms with Gasteiger partial charge in [-0.05, 0) is 50.7 Å². The van der Waals surface area contributed by atoms with Gasteiger partial charge >= 0.3 is 5.97 Å². The van der Waals surface area contributed by atoms with Crippen molar-refractivity contribution in [1.29, 1.82) is 0 Å². The summed E-state index contributed by atoms with van der Waals surface area (Å²) in [7, 11) is 0. The summed E-state index contributed by atoms with van der Waals surface area (Å²) < 4.78 is 6.91. The summed E-state index contributed by atoms with van der Waals surface area (Å²) in [6.45, 7) is 5.61. The van der Waals surface area contributed by atoms with E-state index >= 15 is 0 Å². The fraction of sp³-hybridized carbons (Fsp3) is 0.480. The fourth-order valence-corrected chi connectivity index (χ4v) is 4.28. The number of aromatic nitrogens is 1. The van der Waals surface area contributed by atoms with Crippen LogP contribution in [0.5, 0.6) is 11.5 Å². The lowest BCUT2D eigenvalue weighted by atomic mass is 9.94. The van der Waals surface area contributed by atoms with Crippen molar-refractivity contribution >= 4 is 17.6 Å². The first-order valence-corrected chi connectivity index (χ1v) is 11.4. The van der Waals surface area contributed by atoms with Gasteiger partial charge in [0.05, 0.1) is 5.69 Å². The molecule has 3 rings (SSSR count). The Bertz CT molecular complexity index is 1070. The van der Waals surface area contributed by atoms with Crippen LogP contribution in [0.4, 0.5) is 5.69 Å². The van der Waals surface area contributed by atoms with Crippen LogP contribution in [0.3, 0.4) is 0 Å². The number of hydrogen-bond donors (Lipinski definition) is 2. The van der Waals surface area contributed by atoms with E-state index < -0.39 is 17.4 Å². The lowest BCUT2D eigenvalue weighted by molar-refractivity contribution is -0.131. The number of esters is 1. The predicted molar refractivity (Wildman–Crippen MR) is 124 cm³/mol. The number of pyridine rings is 1. The van der Waals surface area contributed by atoms with Crippen molar-refractivity contribution in [3.8, 4) is 11.5 Å². The van der Waals surface area contributed by atoms with Crippen molar-refractivity contribution in [2.45, 2.75) is 78.7 Å². The maximum Gasteiger partial charge on any atom is 0.308 e. The standard InChI is InChI=1S/C25H32N2O5/c1-4-5-15-27-19-13-9-7-6-8-12-18(19)23(29)21(25(27)31)24(30)26-22-16(2)11-10-14-20(22)32-17(3)28/h10-11,14,29H,4-9,12-13,15H2,1-3H3,(H,26,30). The SMILES string of the molecule is CCCCn1c2c(c(O)c(C(=O)Nc3c(C)cccc3OC(C)=O)c1=O)CCCCCC2. The second kappa shape index (κ2) is 10.5. The van der Waals surface area contributed by atoms with Gasteiger partial charge in [0.1, 0.15) is 11.3 Å². The van der Waals surface area contributed by atoms with E-state index in [0.29, 0.717) is 29.8 Å². The average molecular weight is 441 g/mol. The van der Waals surface area contributed by atoms with Crippen LogP contribution in [0.1, 0.15) is 79.6 Å². The van der Waals surface area contributed by atoms with E-state index in [2.05, 4.69) is 12.2 Å². The predicted octanol–water partition coefficient (Wildman–Crippen LogP) is 4.50. The smallest absolute Gasteiger partial charge is 0.308 e. The second-order valence-corrected chi connectivity index (χ2v) is 8.37. The number of aryl methyl sites for hydroxylation is 1. The van der Waals surface area contributed by atoms with Gasteiger partial charge < -0.3 is 19.7 Å². The summed E-state index contributed by atoms with van der Waals surface area (Å²) in [5, 5.41) is 13.8. The monoisotopic (exact) mass is 440 g/mol. The Labute approximate surface area is 188 Å². The number of amides is 1. The highest BCUT2D eigenvalue weighted by Crippen LogP contribution is 2.32. The van der Waals surface area contributed by atoms with Crippen LogP contribution in [0.25, 0.3) is 0 Å². The summed E-state index contributed by atoms with van der Waals surface area (Å²) in [5.41, 5.74) is 1.81. The maximum absolute atomic E-state index is 13.4. The minimum absolute atomic E-state index is 0.197. The van der Waals surface area contributed by atoms with Gasteiger partial charge in [-0.3, -0.25) is 14.4 Å². The Kier molecular flexibility index (Phi) is 7.72. The molecule has 0 fully saturated rings. The molecule has 0 saturated carbocycles. The van der Waals surface area contributed by atoms with Gasteiger partial charge in [-0.15, -0.1) is 0 Å². The molecule has 0 atom stereocenters. The highest BCUT2D eigenvalue weighted by atomic mass is 16.5. The number of para-hydroxylation sites is 1. The van der Waals surface area contributed by atoms with Crippen LogP contribution in [-0.2, 0) is 24.2 Å². The summed E-state index contributed by atoms with van der Waals surface area (Å²) in [4.78, 5) is 38.2. The van der Waals surface area contributed by atoms with E-state index in [1.807, 2.05) is 0 Å². The lowest BCUT2D eigenvalue weighted by Crippen LogP contribution is -2.33. The van der Waals surface area contributed by atoms with E-state index in [9.17, 15) is 19.5 Å². The Morgan fingerprint density at radius 1 is 1.16 bits per heavy atom. The zero-order valence-corrected chi connectivity index (χ0v) is 19.1. The number of anilines is 1. The summed E-state index contributed by atoms with van der Waals surface area (Å²) in [6.07, 6.45) is 7.10. The second-order valence-electron chi connectivity index (χ2n) is 8.37. The molecule has 7 nitrogen and oxygen atoms in total. The number of ether oxygens (including phenoxy) is 1. The third-order valence-corrected chi connectivity index (χ3v) is 5.94. The van der Waals surface area contributed by atoms with Crippen LogP contribution in [0, 0.1) is 6.92 Å². The first-order valence-electron chi connectivity index (χ1n) is 11.4. The van der Waals surface area contributed by atoms with E-state index in [4.69, 9.17) is 4.74 Å². The normalized spacial score (nSPS) is 13.6. The number of rotatable bonds is 6. The van der Waals surface area contributed by atoms with Crippen molar-refractivity contribution in [2.75, 3.05) is 5.32 Å². The molecule has 0 radical (unpaired) electrons. The fourth-order valence-electron chi connectivity index (χ4n) is 4.28. The van der Waals surface area contributed by atoms with Gasteiger partial charge in [0, 0.05) is 24.7 Å².